The van der Waals surface area contributed by atoms with Gasteiger partial charge in [0.05, 0.1) is 0 Å². The number of hydrogen-bond donors (Lipinski definition) is 2. The summed E-state index contributed by atoms with van der Waals surface area (Å²) >= 11 is 0. The van der Waals surface area contributed by atoms with E-state index in [4.69, 9.17) is 5.11 Å². The van der Waals surface area contributed by atoms with Crippen LogP contribution >= 0.6 is 0 Å². The quantitative estimate of drug-likeness (QED) is 0.836. The van der Waals surface area contributed by atoms with Crippen LogP contribution in [0.2, 0.25) is 0 Å². The summed E-state index contributed by atoms with van der Waals surface area (Å²) in [5.74, 6) is -1.05. The van der Waals surface area contributed by atoms with Crippen LogP contribution < -0.4 is 5.32 Å². The van der Waals surface area contributed by atoms with E-state index in [2.05, 4.69) is 19.2 Å². The van der Waals surface area contributed by atoms with Crippen LogP contribution in [0.15, 0.2) is 30.3 Å². The molecule has 1 fully saturated rings. The van der Waals surface area contributed by atoms with Gasteiger partial charge in [0.2, 0.25) is 0 Å². The average Bonchev–Trinajstić information content (AvgIpc) is 2.76. The highest BCUT2D eigenvalue weighted by atomic mass is 16.4. The maximum Gasteiger partial charge on any atom is 0.328 e. The van der Waals surface area contributed by atoms with E-state index >= 15 is 0 Å². The third kappa shape index (κ3) is 3.94. The second-order valence-electron chi connectivity index (χ2n) is 6.20. The molecule has 2 rings (SSSR count). The molecule has 0 radical (unpaired) electrons. The van der Waals surface area contributed by atoms with Gasteiger partial charge in [-0.2, -0.15) is 0 Å². The molecule has 4 nitrogen and oxygen atoms in total. The number of benzene rings is 1. The number of rotatable bonds is 4. The molecule has 0 spiro atoms. The molecule has 1 atom stereocenters. The minimum absolute atomic E-state index is 0.0660. The van der Waals surface area contributed by atoms with Crippen molar-refractivity contribution in [2.45, 2.75) is 39.2 Å². The molecule has 1 saturated carbocycles. The van der Waals surface area contributed by atoms with Gasteiger partial charge in [0, 0.05) is 17.7 Å². The van der Waals surface area contributed by atoms with Crippen molar-refractivity contribution in [3.63, 3.8) is 0 Å². The fraction of sp³-hybridized carbons (Fsp3) is 0.412. The molecular formula is C17H21NO3. The van der Waals surface area contributed by atoms with E-state index in [1.54, 1.807) is 24.3 Å². The van der Waals surface area contributed by atoms with Crippen molar-refractivity contribution in [1.82, 2.24) is 5.32 Å². The van der Waals surface area contributed by atoms with E-state index < -0.39 is 5.97 Å². The molecule has 112 valence electrons. The third-order valence-corrected chi connectivity index (χ3v) is 4.15. The molecule has 1 aliphatic rings. The van der Waals surface area contributed by atoms with Gasteiger partial charge >= 0.3 is 5.97 Å². The summed E-state index contributed by atoms with van der Waals surface area (Å²) in [7, 11) is 0. The van der Waals surface area contributed by atoms with Crippen LogP contribution in [0.1, 0.15) is 49.0 Å². The van der Waals surface area contributed by atoms with E-state index in [1.165, 1.54) is 6.08 Å². The van der Waals surface area contributed by atoms with Crippen molar-refractivity contribution < 1.29 is 14.7 Å². The number of carbonyl (C=O) groups excluding carboxylic acids is 1. The zero-order valence-corrected chi connectivity index (χ0v) is 12.4. The third-order valence-electron chi connectivity index (χ3n) is 4.15. The second-order valence-corrected chi connectivity index (χ2v) is 6.20. The summed E-state index contributed by atoms with van der Waals surface area (Å²) < 4.78 is 0. The highest BCUT2D eigenvalue weighted by Gasteiger charge is 2.35. The fourth-order valence-electron chi connectivity index (χ4n) is 2.75. The van der Waals surface area contributed by atoms with Crippen molar-refractivity contribution in [3.8, 4) is 0 Å². The molecule has 2 N–H and O–H groups in total. The summed E-state index contributed by atoms with van der Waals surface area (Å²) in [6, 6.07) is 7.15. The van der Waals surface area contributed by atoms with Crippen LogP contribution in [0.4, 0.5) is 0 Å². The van der Waals surface area contributed by atoms with Crippen LogP contribution in [-0.4, -0.2) is 23.0 Å². The van der Waals surface area contributed by atoms with Crippen LogP contribution in [-0.2, 0) is 4.79 Å². The number of aliphatic carboxylic acids is 1. The van der Waals surface area contributed by atoms with Crippen LogP contribution in [0.5, 0.6) is 0 Å². The van der Waals surface area contributed by atoms with Crippen molar-refractivity contribution in [3.05, 3.63) is 41.5 Å². The van der Waals surface area contributed by atoms with E-state index in [9.17, 15) is 9.59 Å². The molecule has 0 saturated heterocycles. The molecular weight excluding hydrogens is 266 g/mol. The minimum atomic E-state index is -0.986. The summed E-state index contributed by atoms with van der Waals surface area (Å²) in [6.07, 6.45) is 5.89. The van der Waals surface area contributed by atoms with Gasteiger partial charge in [-0.3, -0.25) is 4.79 Å². The number of nitrogens with one attached hydrogen (secondary N) is 1. The molecule has 1 unspecified atom stereocenters. The molecule has 0 bridgehead atoms. The standard InChI is InChI=1S/C17H21NO3/c1-17(2)11-3-4-14(17)18-16(21)13-8-5-12(6-9-13)7-10-15(19)20/h5-10,14H,3-4,11H2,1-2H3,(H,18,21)(H,19,20). The fourth-order valence-corrected chi connectivity index (χ4v) is 2.75. The van der Waals surface area contributed by atoms with Gasteiger partial charge in [0.25, 0.3) is 5.91 Å². The van der Waals surface area contributed by atoms with Crippen LogP contribution in [0, 0.1) is 5.41 Å². The Labute approximate surface area is 124 Å². The molecule has 0 aromatic heterocycles. The lowest BCUT2D eigenvalue weighted by atomic mass is 9.87. The van der Waals surface area contributed by atoms with Gasteiger partial charge in [-0.15, -0.1) is 0 Å². The Morgan fingerprint density at radius 3 is 2.48 bits per heavy atom. The summed E-state index contributed by atoms with van der Waals surface area (Å²) in [5.41, 5.74) is 1.51. The lowest BCUT2D eigenvalue weighted by molar-refractivity contribution is -0.131. The molecule has 0 heterocycles. The van der Waals surface area contributed by atoms with Crippen molar-refractivity contribution in [2.24, 2.45) is 5.41 Å². The molecule has 1 aliphatic carbocycles. The van der Waals surface area contributed by atoms with E-state index in [0.717, 1.165) is 30.9 Å². The van der Waals surface area contributed by atoms with Crippen LogP contribution in [0.3, 0.4) is 0 Å². The first kappa shape index (κ1) is 15.3. The van der Waals surface area contributed by atoms with Gasteiger partial charge in [-0.1, -0.05) is 32.4 Å². The highest BCUT2D eigenvalue weighted by Crippen LogP contribution is 2.37. The van der Waals surface area contributed by atoms with Gasteiger partial charge in [-0.25, -0.2) is 4.79 Å². The molecule has 1 aromatic rings. The Morgan fingerprint density at radius 1 is 1.29 bits per heavy atom. The highest BCUT2D eigenvalue weighted by molar-refractivity contribution is 5.94. The second kappa shape index (κ2) is 6.12. The lowest BCUT2D eigenvalue weighted by Gasteiger charge is -2.27. The molecule has 4 heteroatoms. The molecule has 1 amide bonds. The SMILES string of the molecule is CC1(C)CCCC1NC(=O)c1ccc(C=CC(=O)O)cc1. The normalized spacial score (nSPS) is 20.6. The Morgan fingerprint density at radius 2 is 1.95 bits per heavy atom. The van der Waals surface area contributed by atoms with Crippen LogP contribution in [0.25, 0.3) is 6.08 Å². The average molecular weight is 287 g/mol. The number of carbonyl (C=O) groups is 2. The monoisotopic (exact) mass is 287 g/mol. The van der Waals surface area contributed by atoms with Crippen molar-refractivity contribution >= 4 is 18.0 Å². The summed E-state index contributed by atoms with van der Waals surface area (Å²) in [5, 5.41) is 11.7. The first-order valence-corrected chi connectivity index (χ1v) is 7.20. The Bertz CT molecular complexity index is 558. The summed E-state index contributed by atoms with van der Waals surface area (Å²) in [6.45, 7) is 4.37. The zero-order valence-electron chi connectivity index (χ0n) is 12.4. The smallest absolute Gasteiger partial charge is 0.328 e. The first-order valence-electron chi connectivity index (χ1n) is 7.20. The van der Waals surface area contributed by atoms with Gasteiger partial charge < -0.3 is 10.4 Å². The predicted molar refractivity (Wildman–Crippen MR) is 82.0 cm³/mol. The molecule has 21 heavy (non-hydrogen) atoms. The lowest BCUT2D eigenvalue weighted by Crippen LogP contribution is -2.41. The first-order chi connectivity index (χ1) is 9.88. The minimum Gasteiger partial charge on any atom is -0.478 e. The number of carboxylic acids is 1. The Kier molecular flexibility index (Phi) is 4.46. The Balaban J connectivity index is 2.01. The van der Waals surface area contributed by atoms with E-state index in [0.29, 0.717) is 5.56 Å². The predicted octanol–water partition coefficient (Wildman–Crippen LogP) is 3.09. The van der Waals surface area contributed by atoms with E-state index in [-0.39, 0.29) is 17.4 Å². The van der Waals surface area contributed by atoms with Gasteiger partial charge in [-0.05, 0) is 42.0 Å². The maximum atomic E-state index is 12.2. The molecule has 1 aromatic carbocycles. The largest absolute Gasteiger partial charge is 0.478 e. The number of carboxylic acid groups (broad SMARTS) is 1. The number of hydrogen-bond acceptors (Lipinski definition) is 2. The maximum absolute atomic E-state index is 12.2. The Hall–Kier alpha value is -2.10. The van der Waals surface area contributed by atoms with Gasteiger partial charge in [0.1, 0.15) is 0 Å². The van der Waals surface area contributed by atoms with Crippen molar-refractivity contribution in [2.75, 3.05) is 0 Å². The van der Waals surface area contributed by atoms with Crippen molar-refractivity contribution in [1.29, 1.82) is 0 Å². The zero-order chi connectivity index (χ0) is 15.5. The summed E-state index contributed by atoms with van der Waals surface area (Å²) in [4.78, 5) is 22.7. The number of amides is 1. The topological polar surface area (TPSA) is 66.4 Å². The van der Waals surface area contributed by atoms with E-state index in [1.807, 2.05) is 0 Å². The van der Waals surface area contributed by atoms with Gasteiger partial charge in [0.15, 0.2) is 0 Å². The molecule has 0 aliphatic heterocycles.